The van der Waals surface area contributed by atoms with Crippen molar-refractivity contribution >= 4 is 0 Å². The summed E-state index contributed by atoms with van der Waals surface area (Å²) in [5, 5.41) is 21.5. The van der Waals surface area contributed by atoms with Crippen LogP contribution in [0.4, 0.5) is 0 Å². The maximum atomic E-state index is 10.9. The molecule has 2 nitrogen and oxygen atoms in total. The quantitative estimate of drug-likeness (QED) is 0.438. The Balaban J connectivity index is 0. The summed E-state index contributed by atoms with van der Waals surface area (Å²) in [6.45, 7) is 1.86. The van der Waals surface area contributed by atoms with Crippen molar-refractivity contribution in [2.24, 2.45) is 0 Å². The van der Waals surface area contributed by atoms with Crippen LogP contribution in [-0.2, 0) is 6.42 Å². The van der Waals surface area contributed by atoms with Gasteiger partial charge in [-0.3, -0.25) is 0 Å². The minimum atomic E-state index is -0.0866. The molecule has 0 bridgehead atoms. The van der Waals surface area contributed by atoms with E-state index in [1.54, 1.807) is 0 Å². The van der Waals surface area contributed by atoms with Gasteiger partial charge in [0.2, 0.25) is 0 Å². The van der Waals surface area contributed by atoms with Gasteiger partial charge in [-0.2, -0.15) is 0 Å². The molecule has 0 atom stereocenters. The van der Waals surface area contributed by atoms with Crippen LogP contribution in [0, 0.1) is 0 Å². The standard InChI is InChI=1S/C8H10O2.2K/c1-2-6-5-7(9)3-4-8(6)10;;/h3-5,9-10H,2H2,1H3;;/q;2*+1/p-2. The fourth-order valence-corrected chi connectivity index (χ4v) is 0.832. The summed E-state index contributed by atoms with van der Waals surface area (Å²) in [5.41, 5.74) is 0.604. The molecule has 0 aliphatic rings. The Bertz CT molecular complexity index is 238. The van der Waals surface area contributed by atoms with Gasteiger partial charge in [-0.05, 0) is 6.42 Å². The van der Waals surface area contributed by atoms with Gasteiger partial charge in [0.1, 0.15) is 0 Å². The number of rotatable bonds is 1. The zero-order valence-electron chi connectivity index (χ0n) is 7.76. The Hall–Kier alpha value is 2.09. The Morgan fingerprint density at radius 3 is 2.17 bits per heavy atom. The molecule has 0 saturated carbocycles. The minimum Gasteiger partial charge on any atom is -0.872 e. The van der Waals surface area contributed by atoms with Crippen LogP contribution in [0.2, 0.25) is 0 Å². The van der Waals surface area contributed by atoms with E-state index in [0.717, 1.165) is 0 Å². The Labute approximate surface area is 158 Å². The summed E-state index contributed by atoms with van der Waals surface area (Å²) < 4.78 is 0. The van der Waals surface area contributed by atoms with Crippen molar-refractivity contribution < 1.29 is 113 Å². The molecular weight excluding hydrogens is 206 g/mol. The first-order valence-corrected chi connectivity index (χ1v) is 3.21. The summed E-state index contributed by atoms with van der Waals surface area (Å²) in [7, 11) is 0. The van der Waals surface area contributed by atoms with Crippen molar-refractivity contribution in [2.75, 3.05) is 0 Å². The predicted molar refractivity (Wildman–Crippen MR) is 34.7 cm³/mol. The zero-order valence-corrected chi connectivity index (χ0v) is 14.0. The van der Waals surface area contributed by atoms with E-state index in [-0.39, 0.29) is 114 Å². The van der Waals surface area contributed by atoms with E-state index in [0.29, 0.717) is 12.0 Å². The summed E-state index contributed by atoms with van der Waals surface area (Å²) >= 11 is 0. The van der Waals surface area contributed by atoms with E-state index in [9.17, 15) is 10.2 Å². The first-order valence-electron chi connectivity index (χ1n) is 3.21. The fraction of sp³-hybridized carbons (Fsp3) is 0.250. The number of benzene rings is 1. The van der Waals surface area contributed by atoms with Gasteiger partial charge in [-0.15, -0.1) is 11.5 Å². The molecule has 0 unspecified atom stereocenters. The molecule has 0 spiro atoms. The fourth-order valence-electron chi connectivity index (χ4n) is 0.832. The molecule has 54 valence electrons. The van der Waals surface area contributed by atoms with E-state index < -0.39 is 0 Å². The molecule has 0 heterocycles. The van der Waals surface area contributed by atoms with Crippen LogP contribution in [-0.4, -0.2) is 0 Å². The first-order chi connectivity index (χ1) is 4.74. The average molecular weight is 214 g/mol. The van der Waals surface area contributed by atoms with Crippen LogP contribution in [0.1, 0.15) is 12.5 Å². The number of hydrogen-bond donors (Lipinski definition) is 0. The molecule has 0 N–H and O–H groups in total. The average Bonchev–Trinajstić information content (AvgIpc) is 1.94. The van der Waals surface area contributed by atoms with E-state index >= 15 is 0 Å². The molecule has 1 aromatic carbocycles. The van der Waals surface area contributed by atoms with Gasteiger partial charge in [0.25, 0.3) is 0 Å². The zero-order chi connectivity index (χ0) is 7.56. The van der Waals surface area contributed by atoms with Gasteiger partial charge in [-0.1, -0.05) is 30.7 Å². The molecule has 0 saturated heterocycles. The van der Waals surface area contributed by atoms with Crippen molar-refractivity contribution in [3.8, 4) is 11.5 Å². The second kappa shape index (κ2) is 8.41. The van der Waals surface area contributed by atoms with E-state index in [1.165, 1.54) is 18.2 Å². The second-order valence-electron chi connectivity index (χ2n) is 2.12. The molecule has 0 aromatic heterocycles. The normalized spacial score (nSPS) is 8.08. The topological polar surface area (TPSA) is 46.1 Å². The van der Waals surface area contributed by atoms with Crippen LogP contribution in [0.3, 0.4) is 0 Å². The molecule has 0 aliphatic heterocycles. The van der Waals surface area contributed by atoms with E-state index in [1.807, 2.05) is 6.92 Å². The molecule has 4 heteroatoms. The van der Waals surface area contributed by atoms with Gasteiger partial charge < -0.3 is 10.2 Å². The van der Waals surface area contributed by atoms with E-state index in [4.69, 9.17) is 0 Å². The van der Waals surface area contributed by atoms with Crippen LogP contribution in [0.25, 0.3) is 0 Å². The minimum absolute atomic E-state index is 0. The third kappa shape index (κ3) is 5.09. The smallest absolute Gasteiger partial charge is 0.872 e. The van der Waals surface area contributed by atoms with E-state index in [2.05, 4.69) is 0 Å². The largest absolute Gasteiger partial charge is 1.00 e. The van der Waals surface area contributed by atoms with Crippen LogP contribution < -0.4 is 113 Å². The molecule has 0 fully saturated rings. The van der Waals surface area contributed by atoms with Gasteiger partial charge in [0.15, 0.2) is 0 Å². The van der Waals surface area contributed by atoms with Gasteiger partial charge in [0, 0.05) is 0 Å². The van der Waals surface area contributed by atoms with Gasteiger partial charge >= 0.3 is 103 Å². The van der Waals surface area contributed by atoms with Crippen molar-refractivity contribution in [3.05, 3.63) is 23.8 Å². The maximum Gasteiger partial charge on any atom is 1.00 e. The molecule has 1 aromatic rings. The molecule has 1 rings (SSSR count). The summed E-state index contributed by atoms with van der Waals surface area (Å²) in [4.78, 5) is 0. The monoisotopic (exact) mass is 214 g/mol. The van der Waals surface area contributed by atoms with Crippen LogP contribution in [0.15, 0.2) is 18.2 Å². The summed E-state index contributed by atoms with van der Waals surface area (Å²) in [5.74, 6) is -0.126. The second-order valence-corrected chi connectivity index (χ2v) is 2.12. The third-order valence-electron chi connectivity index (χ3n) is 1.41. The third-order valence-corrected chi connectivity index (χ3v) is 1.41. The van der Waals surface area contributed by atoms with Gasteiger partial charge in [0.05, 0.1) is 0 Å². The first kappa shape index (κ1) is 16.5. The Morgan fingerprint density at radius 1 is 1.17 bits per heavy atom. The van der Waals surface area contributed by atoms with Crippen molar-refractivity contribution in [2.45, 2.75) is 13.3 Å². The van der Waals surface area contributed by atoms with Crippen LogP contribution >= 0.6 is 0 Å². The van der Waals surface area contributed by atoms with Crippen molar-refractivity contribution in [1.82, 2.24) is 0 Å². The Kier molecular flexibility index (Phi) is 11.6. The summed E-state index contributed by atoms with van der Waals surface area (Å²) in [6.07, 6.45) is 0.634. The maximum absolute atomic E-state index is 10.9. The van der Waals surface area contributed by atoms with Crippen LogP contribution in [0.5, 0.6) is 11.5 Å². The molecule has 12 heavy (non-hydrogen) atoms. The molecule has 0 aliphatic carbocycles. The molecular formula is C8H8K2O2. The number of hydrogen-bond acceptors (Lipinski definition) is 2. The SMILES string of the molecule is CCc1cc([O-])ccc1[O-].[K+].[K+]. The molecule has 0 radical (unpaired) electrons. The summed E-state index contributed by atoms with van der Waals surface area (Å²) in [6, 6.07) is 4.00. The van der Waals surface area contributed by atoms with Crippen molar-refractivity contribution in [3.63, 3.8) is 0 Å². The number of aryl methyl sites for hydroxylation is 1. The Morgan fingerprint density at radius 2 is 1.75 bits per heavy atom. The molecule has 0 amide bonds. The van der Waals surface area contributed by atoms with Gasteiger partial charge in [-0.25, -0.2) is 0 Å². The predicted octanol–water partition coefficient (Wildman–Crippen LogP) is -5.60. The van der Waals surface area contributed by atoms with Crippen molar-refractivity contribution in [1.29, 1.82) is 0 Å².